The number of anilines is 2. The molecule has 0 heterocycles. The molecule has 0 radical (unpaired) electrons. The summed E-state index contributed by atoms with van der Waals surface area (Å²) >= 11 is 0. The molecular weight excluding hydrogens is 376 g/mol. The molecule has 1 aromatic carbocycles. The predicted octanol–water partition coefficient (Wildman–Crippen LogP) is 4.51. The van der Waals surface area contributed by atoms with E-state index in [4.69, 9.17) is 0 Å². The Morgan fingerprint density at radius 1 is 0.933 bits per heavy atom. The highest BCUT2D eigenvalue weighted by atomic mass is 16.2. The molecule has 0 aromatic heterocycles. The van der Waals surface area contributed by atoms with Crippen molar-refractivity contribution in [2.45, 2.75) is 65.7 Å². The minimum absolute atomic E-state index is 0.0102. The fourth-order valence-electron chi connectivity index (χ4n) is 3.44. The van der Waals surface area contributed by atoms with Gasteiger partial charge in [-0.3, -0.25) is 9.59 Å². The van der Waals surface area contributed by atoms with E-state index in [1.54, 1.807) is 6.07 Å². The Bertz CT molecular complexity index is 642. The molecule has 0 fully saturated rings. The van der Waals surface area contributed by atoms with Crippen molar-refractivity contribution in [2.24, 2.45) is 0 Å². The van der Waals surface area contributed by atoms with Gasteiger partial charge in [0.15, 0.2) is 0 Å². The van der Waals surface area contributed by atoms with Gasteiger partial charge >= 0.3 is 0 Å². The van der Waals surface area contributed by atoms with Crippen molar-refractivity contribution in [3.8, 4) is 0 Å². The number of carbonyl (C=O) groups is 2. The fraction of sp³-hybridized carbons (Fsp3) is 0.667. The summed E-state index contributed by atoms with van der Waals surface area (Å²) in [7, 11) is 3.83. The first-order valence-corrected chi connectivity index (χ1v) is 11.5. The molecule has 0 aliphatic carbocycles. The van der Waals surface area contributed by atoms with Crippen LogP contribution in [0.15, 0.2) is 18.2 Å². The van der Waals surface area contributed by atoms with Crippen molar-refractivity contribution in [2.75, 3.05) is 50.5 Å². The average Bonchev–Trinajstić information content (AvgIpc) is 2.73. The topological polar surface area (TPSA) is 64.7 Å². The van der Waals surface area contributed by atoms with Crippen molar-refractivity contribution < 1.29 is 9.59 Å². The van der Waals surface area contributed by atoms with Crippen LogP contribution in [0.25, 0.3) is 0 Å². The molecule has 0 atom stereocenters. The van der Waals surface area contributed by atoms with E-state index < -0.39 is 0 Å². The second kappa shape index (κ2) is 14.8. The lowest BCUT2D eigenvalue weighted by atomic mass is 10.1. The van der Waals surface area contributed by atoms with Gasteiger partial charge in [-0.2, -0.15) is 0 Å². The van der Waals surface area contributed by atoms with Crippen LogP contribution in [0.5, 0.6) is 0 Å². The standard InChI is InChI=1S/C24H42N4O2/c1-6-9-10-11-12-13-14-23(29)26-20-15-16-22(27(4)5)21(19-20)24(30)25-17-18-28(7-2)8-3/h15-16,19H,6-14,17-18H2,1-5H3,(H,25,30)(H,26,29). The summed E-state index contributed by atoms with van der Waals surface area (Å²) in [5.74, 6) is -0.103. The van der Waals surface area contributed by atoms with E-state index in [9.17, 15) is 9.59 Å². The molecule has 0 bridgehead atoms. The third kappa shape index (κ3) is 9.61. The zero-order valence-electron chi connectivity index (χ0n) is 19.7. The molecule has 0 aliphatic heterocycles. The SMILES string of the molecule is CCCCCCCCC(=O)Nc1ccc(N(C)C)c(C(=O)NCCN(CC)CC)c1. The second-order valence-electron chi connectivity index (χ2n) is 7.98. The first kappa shape index (κ1) is 26.0. The van der Waals surface area contributed by atoms with Crippen LogP contribution in [0.2, 0.25) is 0 Å². The van der Waals surface area contributed by atoms with Crippen molar-refractivity contribution in [3.63, 3.8) is 0 Å². The normalized spacial score (nSPS) is 10.9. The largest absolute Gasteiger partial charge is 0.377 e. The lowest BCUT2D eigenvalue weighted by Crippen LogP contribution is -2.35. The van der Waals surface area contributed by atoms with Gasteiger partial charge in [0.1, 0.15) is 0 Å². The quantitative estimate of drug-likeness (QED) is 0.411. The maximum Gasteiger partial charge on any atom is 0.253 e. The number of hydrogen-bond donors (Lipinski definition) is 2. The lowest BCUT2D eigenvalue weighted by Gasteiger charge is -2.20. The fourth-order valence-corrected chi connectivity index (χ4v) is 3.44. The molecule has 0 saturated heterocycles. The van der Waals surface area contributed by atoms with Crippen LogP contribution >= 0.6 is 0 Å². The third-order valence-corrected chi connectivity index (χ3v) is 5.37. The number of amides is 2. The van der Waals surface area contributed by atoms with Crippen LogP contribution in [0.4, 0.5) is 11.4 Å². The van der Waals surface area contributed by atoms with Gasteiger partial charge in [0.25, 0.3) is 5.91 Å². The van der Waals surface area contributed by atoms with Gasteiger partial charge in [-0.05, 0) is 37.7 Å². The van der Waals surface area contributed by atoms with Crippen LogP contribution in [0.3, 0.4) is 0 Å². The van der Waals surface area contributed by atoms with Gasteiger partial charge < -0.3 is 20.4 Å². The molecule has 30 heavy (non-hydrogen) atoms. The summed E-state index contributed by atoms with van der Waals surface area (Å²) in [5.41, 5.74) is 2.09. The summed E-state index contributed by atoms with van der Waals surface area (Å²) in [6.07, 6.45) is 7.45. The molecule has 0 saturated carbocycles. The maximum atomic E-state index is 12.8. The molecule has 2 amide bonds. The number of benzene rings is 1. The molecule has 1 rings (SSSR count). The van der Waals surface area contributed by atoms with Gasteiger partial charge in [0.05, 0.1) is 5.56 Å². The molecule has 0 spiro atoms. The molecule has 0 aliphatic rings. The zero-order chi connectivity index (χ0) is 22.4. The average molecular weight is 419 g/mol. The minimum atomic E-state index is -0.113. The van der Waals surface area contributed by atoms with Crippen molar-refractivity contribution in [3.05, 3.63) is 23.8 Å². The van der Waals surface area contributed by atoms with Gasteiger partial charge in [-0.25, -0.2) is 0 Å². The van der Waals surface area contributed by atoms with E-state index in [1.807, 2.05) is 31.1 Å². The molecule has 0 unspecified atom stereocenters. The molecular formula is C24H42N4O2. The number of likely N-dealkylation sites (N-methyl/N-ethyl adjacent to an activating group) is 1. The van der Waals surface area contributed by atoms with E-state index in [0.717, 1.165) is 38.2 Å². The third-order valence-electron chi connectivity index (χ3n) is 5.37. The number of unbranched alkanes of at least 4 members (excludes halogenated alkanes) is 5. The second-order valence-corrected chi connectivity index (χ2v) is 7.98. The Hall–Kier alpha value is -2.08. The van der Waals surface area contributed by atoms with Gasteiger partial charge in [0.2, 0.25) is 5.91 Å². The van der Waals surface area contributed by atoms with Gasteiger partial charge in [-0.1, -0.05) is 52.9 Å². The van der Waals surface area contributed by atoms with Crippen LogP contribution in [0.1, 0.15) is 76.1 Å². The number of nitrogens with zero attached hydrogens (tertiary/aromatic N) is 2. The summed E-state index contributed by atoms with van der Waals surface area (Å²) in [4.78, 5) is 29.3. The highest BCUT2D eigenvalue weighted by molar-refractivity contribution is 6.02. The number of rotatable bonds is 15. The van der Waals surface area contributed by atoms with Gasteiger partial charge in [0, 0.05) is 45.0 Å². The summed E-state index contributed by atoms with van der Waals surface area (Å²) < 4.78 is 0. The Morgan fingerprint density at radius 3 is 2.23 bits per heavy atom. The van der Waals surface area contributed by atoms with Crippen LogP contribution in [-0.2, 0) is 4.79 Å². The smallest absolute Gasteiger partial charge is 0.253 e. The highest BCUT2D eigenvalue weighted by Crippen LogP contribution is 2.23. The van der Waals surface area contributed by atoms with Crippen LogP contribution in [0, 0.1) is 0 Å². The molecule has 1 aromatic rings. The Balaban J connectivity index is 2.65. The lowest BCUT2D eigenvalue weighted by molar-refractivity contribution is -0.116. The van der Waals surface area contributed by atoms with Crippen LogP contribution in [-0.4, -0.2) is 57.0 Å². The predicted molar refractivity (Wildman–Crippen MR) is 128 cm³/mol. The number of nitrogens with one attached hydrogen (secondary N) is 2. The highest BCUT2D eigenvalue weighted by Gasteiger charge is 2.15. The Morgan fingerprint density at radius 2 is 1.60 bits per heavy atom. The first-order chi connectivity index (χ1) is 14.4. The van der Waals surface area contributed by atoms with Crippen LogP contribution < -0.4 is 15.5 Å². The molecule has 6 heteroatoms. The maximum absolute atomic E-state index is 12.8. The van der Waals surface area contributed by atoms with Crippen molar-refractivity contribution in [1.29, 1.82) is 0 Å². The van der Waals surface area contributed by atoms with E-state index in [1.165, 1.54) is 25.7 Å². The van der Waals surface area contributed by atoms with E-state index in [-0.39, 0.29) is 11.8 Å². The molecule has 170 valence electrons. The van der Waals surface area contributed by atoms with Gasteiger partial charge in [-0.15, -0.1) is 0 Å². The monoisotopic (exact) mass is 418 g/mol. The Labute approximate surface area is 183 Å². The zero-order valence-corrected chi connectivity index (χ0v) is 19.7. The van der Waals surface area contributed by atoms with E-state index in [2.05, 4.69) is 36.3 Å². The summed E-state index contributed by atoms with van der Waals surface area (Å²) in [5, 5.41) is 5.96. The first-order valence-electron chi connectivity index (χ1n) is 11.5. The van der Waals surface area contributed by atoms with Crippen molar-refractivity contribution >= 4 is 23.2 Å². The molecule has 6 nitrogen and oxygen atoms in total. The van der Waals surface area contributed by atoms with E-state index >= 15 is 0 Å². The van der Waals surface area contributed by atoms with E-state index in [0.29, 0.717) is 24.2 Å². The number of carbonyl (C=O) groups excluding carboxylic acids is 2. The number of hydrogen-bond acceptors (Lipinski definition) is 4. The van der Waals surface area contributed by atoms with Crippen molar-refractivity contribution in [1.82, 2.24) is 10.2 Å². The molecule has 2 N–H and O–H groups in total. The Kier molecular flexibility index (Phi) is 12.8. The minimum Gasteiger partial charge on any atom is -0.377 e. The summed E-state index contributed by atoms with van der Waals surface area (Å²) in [6, 6.07) is 5.53. The summed E-state index contributed by atoms with van der Waals surface area (Å²) in [6.45, 7) is 9.80.